The zero-order chi connectivity index (χ0) is 10.4. The second-order valence-electron chi connectivity index (χ2n) is 3.27. The predicted molar refractivity (Wildman–Crippen MR) is 57.3 cm³/mol. The molecule has 1 aromatic heterocycles. The van der Waals surface area contributed by atoms with Crippen molar-refractivity contribution in [1.82, 2.24) is 10.3 Å². The second-order valence-corrected chi connectivity index (χ2v) is 3.27. The minimum Gasteiger partial charge on any atom is -0.383 e. The van der Waals surface area contributed by atoms with Crippen LogP contribution >= 0.6 is 0 Å². The van der Waals surface area contributed by atoms with E-state index >= 15 is 0 Å². The van der Waals surface area contributed by atoms with Crippen molar-refractivity contribution in [2.45, 2.75) is 19.9 Å². The van der Waals surface area contributed by atoms with Crippen LogP contribution in [-0.2, 0) is 4.74 Å². The van der Waals surface area contributed by atoms with E-state index in [0.29, 0.717) is 6.61 Å². The zero-order valence-corrected chi connectivity index (χ0v) is 9.08. The summed E-state index contributed by atoms with van der Waals surface area (Å²) in [5, 5.41) is 3.34. The quantitative estimate of drug-likeness (QED) is 0.774. The van der Waals surface area contributed by atoms with E-state index < -0.39 is 0 Å². The molecule has 1 heterocycles. The maximum Gasteiger partial charge on any atom is 0.0732 e. The zero-order valence-electron chi connectivity index (χ0n) is 9.08. The number of likely N-dealkylation sites (N-methyl/N-ethyl adjacent to an activating group) is 1. The van der Waals surface area contributed by atoms with Crippen molar-refractivity contribution in [2.24, 2.45) is 0 Å². The first-order chi connectivity index (χ1) is 6.77. The predicted octanol–water partition coefficient (Wildman–Crippen LogP) is 1.69. The summed E-state index contributed by atoms with van der Waals surface area (Å²) in [6.07, 6.45) is 0. The van der Waals surface area contributed by atoms with E-state index in [1.807, 2.05) is 25.1 Å². The lowest BCUT2D eigenvalue weighted by molar-refractivity contribution is 0.166. The molecule has 0 aromatic carbocycles. The van der Waals surface area contributed by atoms with Gasteiger partial charge in [0.25, 0.3) is 0 Å². The molecule has 1 aromatic rings. The largest absolute Gasteiger partial charge is 0.383 e. The Hall–Kier alpha value is -0.930. The fourth-order valence-corrected chi connectivity index (χ4v) is 1.42. The van der Waals surface area contributed by atoms with Crippen LogP contribution in [0.2, 0.25) is 0 Å². The fourth-order valence-electron chi connectivity index (χ4n) is 1.42. The van der Waals surface area contributed by atoms with E-state index in [1.54, 1.807) is 7.11 Å². The normalized spacial score (nSPS) is 12.8. The topological polar surface area (TPSA) is 34.1 Å². The number of aromatic nitrogens is 1. The molecule has 0 aliphatic carbocycles. The van der Waals surface area contributed by atoms with Crippen LogP contribution in [0.3, 0.4) is 0 Å². The molecule has 3 heteroatoms. The van der Waals surface area contributed by atoms with Crippen LogP contribution in [0.4, 0.5) is 0 Å². The van der Waals surface area contributed by atoms with Gasteiger partial charge in [0.15, 0.2) is 0 Å². The molecule has 0 radical (unpaired) electrons. The average Bonchev–Trinajstić information content (AvgIpc) is 2.17. The molecule has 0 bridgehead atoms. The molecule has 14 heavy (non-hydrogen) atoms. The van der Waals surface area contributed by atoms with Crippen LogP contribution in [0.15, 0.2) is 18.2 Å². The van der Waals surface area contributed by atoms with E-state index in [9.17, 15) is 0 Å². The molecule has 0 aliphatic heterocycles. The molecule has 1 N–H and O–H groups in total. The Morgan fingerprint density at radius 3 is 2.86 bits per heavy atom. The summed E-state index contributed by atoms with van der Waals surface area (Å²) in [5.41, 5.74) is 2.09. The van der Waals surface area contributed by atoms with Crippen molar-refractivity contribution in [3.05, 3.63) is 29.6 Å². The molecule has 3 nitrogen and oxygen atoms in total. The standard InChI is InChI=1S/C11H18N2O/c1-4-12-11(8-14-3)10-7-5-6-9(2)13-10/h5-7,11-12H,4,8H2,1-3H3. The minimum absolute atomic E-state index is 0.199. The van der Waals surface area contributed by atoms with Gasteiger partial charge in [0.2, 0.25) is 0 Å². The van der Waals surface area contributed by atoms with Crippen LogP contribution in [0, 0.1) is 6.92 Å². The van der Waals surface area contributed by atoms with Gasteiger partial charge in [-0.05, 0) is 25.6 Å². The number of nitrogens with zero attached hydrogens (tertiary/aromatic N) is 1. The van der Waals surface area contributed by atoms with Crippen molar-refractivity contribution in [2.75, 3.05) is 20.3 Å². The Labute approximate surface area is 85.5 Å². The minimum atomic E-state index is 0.199. The maximum atomic E-state index is 5.15. The van der Waals surface area contributed by atoms with E-state index in [1.165, 1.54) is 0 Å². The van der Waals surface area contributed by atoms with Gasteiger partial charge >= 0.3 is 0 Å². The van der Waals surface area contributed by atoms with Crippen LogP contribution in [0.1, 0.15) is 24.4 Å². The maximum absolute atomic E-state index is 5.15. The van der Waals surface area contributed by atoms with Gasteiger partial charge in [0.05, 0.1) is 18.3 Å². The van der Waals surface area contributed by atoms with Crippen LogP contribution in [0.5, 0.6) is 0 Å². The van der Waals surface area contributed by atoms with E-state index in [-0.39, 0.29) is 6.04 Å². The first-order valence-corrected chi connectivity index (χ1v) is 4.93. The van der Waals surface area contributed by atoms with Gasteiger partial charge in [0.1, 0.15) is 0 Å². The number of aryl methyl sites for hydroxylation is 1. The number of rotatable bonds is 5. The number of nitrogens with one attached hydrogen (secondary N) is 1. The third kappa shape index (κ3) is 3.09. The van der Waals surface area contributed by atoms with Gasteiger partial charge in [-0.2, -0.15) is 0 Å². The van der Waals surface area contributed by atoms with Crippen molar-refractivity contribution in [1.29, 1.82) is 0 Å². The number of methoxy groups -OCH3 is 1. The molecule has 0 aliphatic rings. The summed E-state index contributed by atoms with van der Waals surface area (Å²) in [6, 6.07) is 6.25. The lowest BCUT2D eigenvalue weighted by Gasteiger charge is -2.16. The fraction of sp³-hybridized carbons (Fsp3) is 0.545. The number of ether oxygens (including phenoxy) is 1. The highest BCUT2D eigenvalue weighted by Crippen LogP contribution is 2.10. The number of hydrogen-bond acceptors (Lipinski definition) is 3. The molecule has 1 unspecified atom stereocenters. The number of pyridine rings is 1. The molecule has 0 saturated heterocycles. The van der Waals surface area contributed by atoms with E-state index in [0.717, 1.165) is 17.9 Å². The Bertz CT molecular complexity index is 270. The van der Waals surface area contributed by atoms with E-state index in [4.69, 9.17) is 4.74 Å². The first kappa shape index (κ1) is 11.1. The van der Waals surface area contributed by atoms with Crippen LogP contribution < -0.4 is 5.32 Å². The molecule has 1 rings (SSSR count). The Morgan fingerprint density at radius 2 is 2.29 bits per heavy atom. The summed E-state index contributed by atoms with van der Waals surface area (Å²) in [7, 11) is 1.71. The van der Waals surface area contributed by atoms with Crippen molar-refractivity contribution in [3.63, 3.8) is 0 Å². The molecule has 0 saturated carbocycles. The smallest absolute Gasteiger partial charge is 0.0732 e. The van der Waals surface area contributed by atoms with Gasteiger partial charge in [-0.25, -0.2) is 0 Å². The summed E-state index contributed by atoms with van der Waals surface area (Å²) < 4.78 is 5.15. The number of hydrogen-bond donors (Lipinski definition) is 1. The van der Waals surface area contributed by atoms with E-state index in [2.05, 4.69) is 17.2 Å². The SMILES string of the molecule is CCNC(COC)c1cccc(C)n1. The molecular formula is C11H18N2O. The highest BCUT2D eigenvalue weighted by Gasteiger charge is 2.10. The lowest BCUT2D eigenvalue weighted by Crippen LogP contribution is -2.25. The summed E-state index contributed by atoms with van der Waals surface area (Å²) in [5.74, 6) is 0. The molecule has 0 fully saturated rings. The average molecular weight is 194 g/mol. The van der Waals surface area contributed by atoms with Crippen molar-refractivity contribution >= 4 is 0 Å². The highest BCUT2D eigenvalue weighted by atomic mass is 16.5. The summed E-state index contributed by atoms with van der Waals surface area (Å²) in [4.78, 5) is 4.47. The Balaban J connectivity index is 2.75. The summed E-state index contributed by atoms with van der Waals surface area (Å²) in [6.45, 7) is 5.66. The Morgan fingerprint density at radius 1 is 1.50 bits per heavy atom. The third-order valence-electron chi connectivity index (χ3n) is 2.05. The molecule has 0 amide bonds. The molecule has 1 atom stereocenters. The lowest BCUT2D eigenvalue weighted by atomic mass is 10.2. The first-order valence-electron chi connectivity index (χ1n) is 4.93. The van der Waals surface area contributed by atoms with Gasteiger partial charge in [0, 0.05) is 12.8 Å². The molecule has 0 spiro atoms. The van der Waals surface area contributed by atoms with Gasteiger partial charge in [-0.3, -0.25) is 4.98 Å². The van der Waals surface area contributed by atoms with Gasteiger partial charge in [-0.1, -0.05) is 13.0 Å². The van der Waals surface area contributed by atoms with Crippen LogP contribution in [0.25, 0.3) is 0 Å². The van der Waals surface area contributed by atoms with Crippen molar-refractivity contribution < 1.29 is 4.74 Å². The molecular weight excluding hydrogens is 176 g/mol. The van der Waals surface area contributed by atoms with Crippen molar-refractivity contribution in [3.8, 4) is 0 Å². The van der Waals surface area contributed by atoms with Gasteiger partial charge < -0.3 is 10.1 Å². The monoisotopic (exact) mass is 194 g/mol. The second kappa shape index (κ2) is 5.73. The van der Waals surface area contributed by atoms with Gasteiger partial charge in [-0.15, -0.1) is 0 Å². The third-order valence-corrected chi connectivity index (χ3v) is 2.05. The Kier molecular flexibility index (Phi) is 4.56. The summed E-state index contributed by atoms with van der Waals surface area (Å²) >= 11 is 0. The highest BCUT2D eigenvalue weighted by molar-refractivity contribution is 5.13. The van der Waals surface area contributed by atoms with Crippen LogP contribution in [-0.4, -0.2) is 25.2 Å². The molecule has 78 valence electrons.